The number of para-hydroxylation sites is 4. The monoisotopic (exact) mass is 717 g/mol. The van der Waals surface area contributed by atoms with Crippen molar-refractivity contribution in [3.8, 4) is 44.9 Å². The minimum Gasteiger partial charge on any atom is -0.278 e. The average Bonchev–Trinajstić information content (AvgIpc) is 4.00. The molecule has 0 radical (unpaired) electrons. The van der Waals surface area contributed by atoms with E-state index < -0.39 is 0 Å². The van der Waals surface area contributed by atoms with Gasteiger partial charge in [0.1, 0.15) is 0 Å². The number of benzene rings is 7. The summed E-state index contributed by atoms with van der Waals surface area (Å²) in [7, 11) is 0. The summed E-state index contributed by atoms with van der Waals surface area (Å²) < 4.78 is 9.01. The smallest absolute Gasteiger partial charge is 0.220 e. The molecule has 7 nitrogen and oxygen atoms in total. The number of imidazole rings is 4. The largest absolute Gasteiger partial charge is 0.278 e. The van der Waals surface area contributed by atoms with Gasteiger partial charge in [-0.25, -0.2) is 9.97 Å². The van der Waals surface area contributed by atoms with Crippen molar-refractivity contribution in [2.75, 3.05) is 0 Å². The van der Waals surface area contributed by atoms with E-state index in [1.165, 1.54) is 22.3 Å². The van der Waals surface area contributed by atoms with Gasteiger partial charge in [-0.3, -0.25) is 22.9 Å². The van der Waals surface area contributed by atoms with Gasteiger partial charge in [0.2, 0.25) is 11.6 Å². The zero-order valence-electron chi connectivity index (χ0n) is 30.0. The van der Waals surface area contributed by atoms with Crippen molar-refractivity contribution in [1.82, 2.24) is 32.9 Å². The Bertz CT molecular complexity index is 3210. The van der Waals surface area contributed by atoms with Gasteiger partial charge in [-0.15, -0.1) is 0 Å². The average molecular weight is 718 g/mol. The Morgan fingerprint density at radius 3 is 1.32 bits per heavy atom. The van der Waals surface area contributed by atoms with Crippen LogP contribution < -0.4 is 0 Å². The molecule has 7 aromatic carbocycles. The summed E-state index contributed by atoms with van der Waals surface area (Å²) in [4.78, 5) is 15.4. The van der Waals surface area contributed by atoms with E-state index in [0.29, 0.717) is 0 Å². The third-order valence-corrected chi connectivity index (χ3v) is 11.0. The first-order valence-corrected chi connectivity index (χ1v) is 18.8. The van der Waals surface area contributed by atoms with Crippen LogP contribution in [0.1, 0.15) is 0 Å². The minimum absolute atomic E-state index is 0.852. The number of hydrogen-bond donors (Lipinski definition) is 0. The van der Waals surface area contributed by atoms with Crippen LogP contribution in [0.3, 0.4) is 0 Å². The molecule has 0 saturated heterocycles. The van der Waals surface area contributed by atoms with Crippen molar-refractivity contribution in [2.24, 2.45) is 0 Å². The highest BCUT2D eigenvalue weighted by Crippen LogP contribution is 2.35. The first-order valence-electron chi connectivity index (χ1n) is 18.8. The number of rotatable bonds is 5. The van der Waals surface area contributed by atoms with Crippen molar-refractivity contribution in [3.05, 3.63) is 188 Å². The fourth-order valence-corrected chi connectivity index (χ4v) is 8.39. The van der Waals surface area contributed by atoms with Gasteiger partial charge in [0.15, 0.2) is 0 Å². The molecule has 0 aliphatic heterocycles. The first-order chi connectivity index (χ1) is 27.8. The van der Waals surface area contributed by atoms with Crippen molar-refractivity contribution in [3.63, 3.8) is 0 Å². The molecule has 0 bridgehead atoms. The molecule has 0 amide bonds. The topological polar surface area (TPSA) is 57.3 Å². The van der Waals surface area contributed by atoms with Gasteiger partial charge >= 0.3 is 0 Å². The van der Waals surface area contributed by atoms with Crippen LogP contribution in [0, 0.1) is 0 Å². The molecule has 0 atom stereocenters. The van der Waals surface area contributed by atoms with Crippen molar-refractivity contribution in [1.29, 1.82) is 0 Å². The standard InChI is InChI=1S/C49H31N7/c1-3-11-32(12-4-1)34-19-24-37(25-20-34)53-44-28-23-36(29-45(44)55-42-17-9-7-15-39(42)51-48(53)55)41-30-46-47(31-50-41)54(49-52-40-16-8-10-18-43(40)56(46)49)38-26-21-35(22-27-38)33-13-5-2-6-14-33/h1-31H. The Balaban J connectivity index is 1.04. The van der Waals surface area contributed by atoms with Gasteiger partial charge in [0.05, 0.1) is 56.0 Å². The SMILES string of the molecule is c1ccc(-c2ccc(-n3c4ccc(-c5cc6c(cn5)n(-c5ccc(-c7ccccc7)cc5)c5nc7ccccc7n65)cc4n4c5ccccc5nc34)cc2)cc1. The van der Waals surface area contributed by atoms with Gasteiger partial charge in [0, 0.05) is 16.9 Å². The molecule has 5 aromatic heterocycles. The summed E-state index contributed by atoms with van der Waals surface area (Å²) >= 11 is 0. The van der Waals surface area contributed by atoms with Gasteiger partial charge in [-0.2, -0.15) is 0 Å². The van der Waals surface area contributed by atoms with Crippen LogP contribution in [0.15, 0.2) is 188 Å². The molecule has 5 heterocycles. The Morgan fingerprint density at radius 2 is 0.768 bits per heavy atom. The molecule has 0 spiro atoms. The Labute approximate surface area is 320 Å². The summed E-state index contributed by atoms with van der Waals surface area (Å²) in [6, 6.07) is 63.9. The van der Waals surface area contributed by atoms with E-state index in [1.54, 1.807) is 0 Å². The second kappa shape index (κ2) is 11.9. The lowest BCUT2D eigenvalue weighted by Gasteiger charge is -2.09. The van der Waals surface area contributed by atoms with E-state index >= 15 is 0 Å². The van der Waals surface area contributed by atoms with Crippen LogP contribution in [0.4, 0.5) is 0 Å². The van der Waals surface area contributed by atoms with Crippen molar-refractivity contribution >= 4 is 55.7 Å². The van der Waals surface area contributed by atoms with Crippen LogP contribution in [-0.4, -0.2) is 32.9 Å². The molecule has 0 N–H and O–H groups in total. The Morgan fingerprint density at radius 1 is 0.321 bits per heavy atom. The Hall–Kier alpha value is -7.77. The third kappa shape index (κ3) is 4.55. The highest BCUT2D eigenvalue weighted by Gasteiger charge is 2.21. The first kappa shape index (κ1) is 30.7. The minimum atomic E-state index is 0.852. The molecule has 0 aliphatic rings. The van der Waals surface area contributed by atoms with E-state index in [9.17, 15) is 0 Å². The quantitative estimate of drug-likeness (QED) is 0.178. The molecule has 0 aliphatic carbocycles. The number of nitrogens with zero attached hydrogens (tertiary/aromatic N) is 7. The van der Waals surface area contributed by atoms with Crippen molar-refractivity contribution in [2.45, 2.75) is 0 Å². The van der Waals surface area contributed by atoms with E-state index in [-0.39, 0.29) is 0 Å². The molecule has 56 heavy (non-hydrogen) atoms. The van der Waals surface area contributed by atoms with Crippen LogP contribution >= 0.6 is 0 Å². The maximum absolute atomic E-state index is 5.16. The van der Waals surface area contributed by atoms with E-state index in [2.05, 4.69) is 176 Å². The Kier molecular flexibility index (Phi) is 6.50. The summed E-state index contributed by atoms with van der Waals surface area (Å²) in [5.74, 6) is 1.72. The molecule has 0 saturated carbocycles. The number of aromatic nitrogens is 7. The predicted octanol–water partition coefficient (Wildman–Crippen LogP) is 11.6. The van der Waals surface area contributed by atoms with E-state index in [1.807, 2.05) is 30.5 Å². The molecule has 7 heteroatoms. The van der Waals surface area contributed by atoms with Crippen LogP contribution in [-0.2, 0) is 0 Å². The lowest BCUT2D eigenvalue weighted by atomic mass is 10.1. The van der Waals surface area contributed by atoms with E-state index in [4.69, 9.17) is 15.0 Å². The number of hydrogen-bond acceptors (Lipinski definition) is 3. The van der Waals surface area contributed by atoms with Gasteiger partial charge in [-0.05, 0) is 89.0 Å². The zero-order valence-corrected chi connectivity index (χ0v) is 30.0. The maximum atomic E-state index is 5.16. The molecule has 12 aromatic rings. The summed E-state index contributed by atoms with van der Waals surface area (Å²) in [6.45, 7) is 0. The summed E-state index contributed by atoms with van der Waals surface area (Å²) in [5, 5.41) is 0. The van der Waals surface area contributed by atoms with Crippen LogP contribution in [0.2, 0.25) is 0 Å². The fourth-order valence-electron chi connectivity index (χ4n) is 8.39. The molecular weight excluding hydrogens is 687 g/mol. The maximum Gasteiger partial charge on any atom is 0.220 e. The highest BCUT2D eigenvalue weighted by atomic mass is 15.2. The number of fused-ring (bicyclic) bond motifs is 10. The van der Waals surface area contributed by atoms with Gasteiger partial charge < -0.3 is 0 Å². The normalized spacial score (nSPS) is 11.9. The second-order valence-corrected chi connectivity index (χ2v) is 14.2. The third-order valence-electron chi connectivity index (χ3n) is 11.0. The molecular formula is C49H31N7. The van der Waals surface area contributed by atoms with E-state index in [0.717, 1.165) is 78.3 Å². The zero-order chi connectivity index (χ0) is 36.7. The lowest BCUT2D eigenvalue weighted by Crippen LogP contribution is -1.96. The summed E-state index contributed by atoms with van der Waals surface area (Å²) in [6.07, 6.45) is 1.99. The molecule has 0 fully saturated rings. The highest BCUT2D eigenvalue weighted by molar-refractivity contribution is 5.96. The van der Waals surface area contributed by atoms with Gasteiger partial charge in [0.25, 0.3) is 0 Å². The van der Waals surface area contributed by atoms with Crippen molar-refractivity contribution < 1.29 is 0 Å². The lowest BCUT2D eigenvalue weighted by molar-refractivity contribution is 1.11. The molecule has 12 rings (SSSR count). The van der Waals surface area contributed by atoms with Gasteiger partial charge in [-0.1, -0.05) is 115 Å². The van der Waals surface area contributed by atoms with Crippen LogP contribution in [0.5, 0.6) is 0 Å². The summed E-state index contributed by atoms with van der Waals surface area (Å²) in [5.41, 5.74) is 16.9. The number of pyridine rings is 1. The fraction of sp³-hybridized carbons (Fsp3) is 0. The molecule has 262 valence electrons. The molecule has 0 unspecified atom stereocenters. The van der Waals surface area contributed by atoms with Crippen LogP contribution in [0.25, 0.3) is 101 Å². The second-order valence-electron chi connectivity index (χ2n) is 14.2. The predicted molar refractivity (Wildman–Crippen MR) is 227 cm³/mol.